The van der Waals surface area contributed by atoms with E-state index in [1.54, 1.807) is 25.1 Å². The smallest absolute Gasteiger partial charge is 0.310 e. The second-order valence-corrected chi connectivity index (χ2v) is 4.62. The van der Waals surface area contributed by atoms with Crippen molar-refractivity contribution in [3.63, 3.8) is 0 Å². The summed E-state index contributed by atoms with van der Waals surface area (Å²) in [4.78, 5) is 10.5. The molecule has 0 fully saturated rings. The van der Waals surface area contributed by atoms with E-state index in [0.717, 1.165) is 16.7 Å². The minimum Gasteiger partial charge on any atom is -0.482 e. The lowest BCUT2D eigenvalue weighted by Crippen LogP contribution is -2.03. The SMILES string of the molecule is Cc1cc(F)ccc1COc1cc(CN)ccc1[N+](=O)[O-]. The van der Waals surface area contributed by atoms with Gasteiger partial charge in [-0.1, -0.05) is 12.1 Å². The van der Waals surface area contributed by atoms with Crippen molar-refractivity contribution < 1.29 is 14.1 Å². The summed E-state index contributed by atoms with van der Waals surface area (Å²) in [5, 5.41) is 11.0. The Bertz CT molecular complexity index is 674. The van der Waals surface area contributed by atoms with Gasteiger partial charge < -0.3 is 10.5 Å². The molecule has 0 aliphatic heterocycles. The van der Waals surface area contributed by atoms with Crippen molar-refractivity contribution in [2.75, 3.05) is 0 Å². The molecule has 2 aromatic carbocycles. The number of ether oxygens (including phenoxy) is 1. The van der Waals surface area contributed by atoms with Crippen molar-refractivity contribution >= 4 is 5.69 Å². The van der Waals surface area contributed by atoms with Gasteiger partial charge in [0.25, 0.3) is 0 Å². The van der Waals surface area contributed by atoms with Gasteiger partial charge in [-0.15, -0.1) is 0 Å². The van der Waals surface area contributed by atoms with Crippen LogP contribution in [0.4, 0.5) is 10.1 Å². The molecule has 0 atom stereocenters. The van der Waals surface area contributed by atoms with E-state index in [2.05, 4.69) is 0 Å². The molecule has 0 spiro atoms. The summed E-state index contributed by atoms with van der Waals surface area (Å²) in [7, 11) is 0. The lowest BCUT2D eigenvalue weighted by Gasteiger charge is -2.10. The van der Waals surface area contributed by atoms with Gasteiger partial charge in [-0.25, -0.2) is 4.39 Å². The first-order chi connectivity index (χ1) is 10.0. The third-order valence-corrected chi connectivity index (χ3v) is 3.14. The number of hydrogen-bond acceptors (Lipinski definition) is 4. The van der Waals surface area contributed by atoms with Crippen LogP contribution >= 0.6 is 0 Å². The van der Waals surface area contributed by atoms with Crippen LogP contribution in [-0.4, -0.2) is 4.92 Å². The quantitative estimate of drug-likeness (QED) is 0.678. The van der Waals surface area contributed by atoms with Crippen LogP contribution < -0.4 is 10.5 Å². The first-order valence-corrected chi connectivity index (χ1v) is 6.36. The van der Waals surface area contributed by atoms with Crippen LogP contribution in [-0.2, 0) is 13.2 Å². The normalized spacial score (nSPS) is 10.4. The molecule has 2 aromatic rings. The average Bonchev–Trinajstić information content (AvgIpc) is 2.45. The highest BCUT2D eigenvalue weighted by atomic mass is 19.1. The van der Waals surface area contributed by atoms with E-state index in [1.165, 1.54) is 18.2 Å². The van der Waals surface area contributed by atoms with Crippen molar-refractivity contribution in [1.29, 1.82) is 0 Å². The maximum absolute atomic E-state index is 13.0. The zero-order valence-electron chi connectivity index (χ0n) is 11.5. The van der Waals surface area contributed by atoms with Gasteiger partial charge in [-0.2, -0.15) is 0 Å². The topological polar surface area (TPSA) is 78.4 Å². The summed E-state index contributed by atoms with van der Waals surface area (Å²) in [6, 6.07) is 8.84. The van der Waals surface area contributed by atoms with Crippen LogP contribution in [0.2, 0.25) is 0 Å². The zero-order chi connectivity index (χ0) is 15.4. The fourth-order valence-electron chi connectivity index (χ4n) is 1.93. The van der Waals surface area contributed by atoms with Gasteiger partial charge in [0.2, 0.25) is 0 Å². The number of hydrogen-bond donors (Lipinski definition) is 1. The third-order valence-electron chi connectivity index (χ3n) is 3.14. The van der Waals surface area contributed by atoms with E-state index >= 15 is 0 Å². The summed E-state index contributed by atoms with van der Waals surface area (Å²) in [6.45, 7) is 2.15. The van der Waals surface area contributed by atoms with Crippen molar-refractivity contribution in [1.82, 2.24) is 0 Å². The molecule has 21 heavy (non-hydrogen) atoms. The molecule has 0 saturated heterocycles. The Morgan fingerprint density at radius 3 is 2.67 bits per heavy atom. The molecule has 0 unspecified atom stereocenters. The second kappa shape index (κ2) is 6.32. The van der Waals surface area contributed by atoms with Gasteiger partial charge in [-0.3, -0.25) is 10.1 Å². The predicted octanol–water partition coefficient (Wildman–Crippen LogP) is 3.08. The molecule has 0 heterocycles. The van der Waals surface area contributed by atoms with Crippen molar-refractivity contribution in [2.45, 2.75) is 20.1 Å². The Hall–Kier alpha value is -2.47. The Balaban J connectivity index is 2.24. The molecule has 2 rings (SSSR count). The van der Waals surface area contributed by atoms with Crippen LogP contribution in [0, 0.1) is 22.9 Å². The predicted molar refractivity (Wildman–Crippen MR) is 76.5 cm³/mol. The van der Waals surface area contributed by atoms with E-state index < -0.39 is 4.92 Å². The summed E-state index contributed by atoms with van der Waals surface area (Å²) < 4.78 is 18.6. The molecule has 0 aliphatic rings. The Morgan fingerprint density at radius 1 is 1.29 bits per heavy atom. The molecule has 5 nitrogen and oxygen atoms in total. The van der Waals surface area contributed by atoms with Crippen LogP contribution in [0.15, 0.2) is 36.4 Å². The van der Waals surface area contributed by atoms with Gasteiger partial charge in [0.05, 0.1) is 4.92 Å². The monoisotopic (exact) mass is 290 g/mol. The molecule has 110 valence electrons. The van der Waals surface area contributed by atoms with Crippen molar-refractivity contribution in [2.24, 2.45) is 5.73 Å². The second-order valence-electron chi connectivity index (χ2n) is 4.62. The highest BCUT2D eigenvalue weighted by Gasteiger charge is 2.15. The molecule has 0 amide bonds. The molecule has 0 radical (unpaired) electrons. The molecule has 0 aromatic heterocycles. The van der Waals surface area contributed by atoms with Gasteiger partial charge >= 0.3 is 5.69 Å². The fourth-order valence-corrected chi connectivity index (χ4v) is 1.93. The summed E-state index contributed by atoms with van der Waals surface area (Å²) in [6.07, 6.45) is 0. The first kappa shape index (κ1) is 14.9. The zero-order valence-corrected chi connectivity index (χ0v) is 11.5. The van der Waals surface area contributed by atoms with Crippen LogP contribution in [0.3, 0.4) is 0 Å². The molecular weight excluding hydrogens is 275 g/mol. The lowest BCUT2D eigenvalue weighted by atomic mass is 10.1. The molecular formula is C15H15FN2O3. The van der Waals surface area contributed by atoms with E-state index in [9.17, 15) is 14.5 Å². The van der Waals surface area contributed by atoms with E-state index in [1.807, 2.05) is 0 Å². The Morgan fingerprint density at radius 2 is 2.05 bits per heavy atom. The largest absolute Gasteiger partial charge is 0.482 e. The maximum Gasteiger partial charge on any atom is 0.310 e. The van der Waals surface area contributed by atoms with E-state index in [-0.39, 0.29) is 30.4 Å². The number of benzene rings is 2. The van der Waals surface area contributed by atoms with Gasteiger partial charge in [0.15, 0.2) is 5.75 Å². The highest BCUT2D eigenvalue weighted by molar-refractivity contribution is 5.48. The molecule has 0 saturated carbocycles. The molecule has 0 aliphatic carbocycles. The summed E-state index contributed by atoms with van der Waals surface area (Å²) >= 11 is 0. The van der Waals surface area contributed by atoms with E-state index in [0.29, 0.717) is 0 Å². The molecule has 0 bridgehead atoms. The van der Waals surface area contributed by atoms with Crippen molar-refractivity contribution in [3.8, 4) is 5.75 Å². The minimum absolute atomic E-state index is 0.119. The molecule has 2 N–H and O–H groups in total. The standard InChI is InChI=1S/C15H15FN2O3/c1-10-6-13(16)4-3-12(10)9-21-15-7-11(8-17)2-5-14(15)18(19)20/h2-7H,8-9,17H2,1H3. The number of nitro groups is 1. The Labute approximate surface area is 121 Å². The number of rotatable bonds is 5. The van der Waals surface area contributed by atoms with Gasteiger partial charge in [-0.05, 0) is 41.8 Å². The first-order valence-electron chi connectivity index (χ1n) is 6.36. The summed E-state index contributed by atoms with van der Waals surface area (Å²) in [5.41, 5.74) is 7.65. The van der Waals surface area contributed by atoms with Crippen molar-refractivity contribution in [3.05, 3.63) is 69.0 Å². The highest BCUT2D eigenvalue weighted by Crippen LogP contribution is 2.29. The number of nitrogens with two attached hydrogens (primary N) is 1. The van der Waals surface area contributed by atoms with Gasteiger partial charge in [0.1, 0.15) is 12.4 Å². The lowest BCUT2D eigenvalue weighted by molar-refractivity contribution is -0.386. The number of halogens is 1. The number of nitrogens with zero attached hydrogens (tertiary/aromatic N) is 1. The third kappa shape index (κ3) is 3.55. The van der Waals surface area contributed by atoms with Crippen LogP contribution in [0.5, 0.6) is 5.75 Å². The number of nitro benzene ring substituents is 1. The Kier molecular flexibility index (Phi) is 4.49. The minimum atomic E-state index is -0.507. The fraction of sp³-hybridized carbons (Fsp3) is 0.200. The van der Waals surface area contributed by atoms with Gasteiger partial charge in [0, 0.05) is 12.6 Å². The summed E-state index contributed by atoms with van der Waals surface area (Å²) in [5.74, 6) is -0.168. The number of aryl methyl sites for hydroxylation is 1. The maximum atomic E-state index is 13.0. The van der Waals surface area contributed by atoms with Crippen LogP contribution in [0.25, 0.3) is 0 Å². The van der Waals surface area contributed by atoms with Crippen LogP contribution in [0.1, 0.15) is 16.7 Å². The molecule has 6 heteroatoms. The average molecular weight is 290 g/mol. The van der Waals surface area contributed by atoms with E-state index in [4.69, 9.17) is 10.5 Å².